The molecule has 0 aliphatic carbocycles. The number of carbonyl (C=O) groups is 2. The SMILES string of the molecule is CC(C)(C)C.CNC(=O)[C@@H]1NCC(c2cc(F)c(Cl)cc2NC=O)C1c1cccc(Cl)c1. The molecule has 0 saturated carbocycles. The number of benzene rings is 2. The van der Waals surface area contributed by atoms with Gasteiger partial charge in [0, 0.05) is 36.1 Å². The molecule has 2 aromatic rings. The van der Waals surface area contributed by atoms with Crippen LogP contribution in [0.15, 0.2) is 36.4 Å². The minimum atomic E-state index is -0.587. The maximum Gasteiger partial charge on any atom is 0.237 e. The van der Waals surface area contributed by atoms with E-state index in [9.17, 15) is 14.0 Å². The van der Waals surface area contributed by atoms with Crippen LogP contribution < -0.4 is 16.0 Å². The van der Waals surface area contributed by atoms with Gasteiger partial charge in [0.1, 0.15) is 5.82 Å². The first-order valence-electron chi connectivity index (χ1n) is 10.4. The highest BCUT2D eigenvalue weighted by Crippen LogP contribution is 2.43. The van der Waals surface area contributed by atoms with Crippen molar-refractivity contribution in [1.29, 1.82) is 0 Å². The summed E-state index contributed by atoms with van der Waals surface area (Å²) in [5, 5.41) is 8.89. The van der Waals surface area contributed by atoms with Crippen LogP contribution in [-0.4, -0.2) is 32.0 Å². The zero-order valence-electron chi connectivity index (χ0n) is 18.9. The molecule has 8 heteroatoms. The third-order valence-corrected chi connectivity index (χ3v) is 5.34. The van der Waals surface area contributed by atoms with Crippen molar-refractivity contribution in [2.75, 3.05) is 18.9 Å². The molecule has 2 amide bonds. The summed E-state index contributed by atoms with van der Waals surface area (Å²) < 4.78 is 14.2. The zero-order valence-corrected chi connectivity index (χ0v) is 20.4. The largest absolute Gasteiger partial charge is 0.358 e. The van der Waals surface area contributed by atoms with Crippen LogP contribution in [0.2, 0.25) is 10.0 Å². The number of carbonyl (C=O) groups excluding carboxylic acids is 2. The van der Waals surface area contributed by atoms with Gasteiger partial charge >= 0.3 is 0 Å². The Bertz CT molecular complexity index is 957. The summed E-state index contributed by atoms with van der Waals surface area (Å²) in [6.45, 7) is 9.17. The van der Waals surface area contributed by atoms with E-state index < -0.39 is 11.9 Å². The summed E-state index contributed by atoms with van der Waals surface area (Å²) in [6.07, 6.45) is 0.514. The summed E-state index contributed by atoms with van der Waals surface area (Å²) in [5.41, 5.74) is 2.32. The summed E-state index contributed by atoms with van der Waals surface area (Å²) in [7, 11) is 1.56. The number of anilines is 1. The Morgan fingerprint density at radius 3 is 2.41 bits per heavy atom. The van der Waals surface area contributed by atoms with Crippen LogP contribution in [0.1, 0.15) is 50.7 Å². The molecule has 3 N–H and O–H groups in total. The van der Waals surface area contributed by atoms with Crippen molar-refractivity contribution in [1.82, 2.24) is 10.6 Å². The van der Waals surface area contributed by atoms with Gasteiger partial charge in [-0.25, -0.2) is 4.39 Å². The number of hydrogen-bond donors (Lipinski definition) is 3. The normalized spacial score (nSPS) is 20.2. The van der Waals surface area contributed by atoms with E-state index in [-0.39, 0.29) is 22.8 Å². The van der Waals surface area contributed by atoms with Gasteiger partial charge in [-0.15, -0.1) is 0 Å². The summed E-state index contributed by atoms with van der Waals surface area (Å²) >= 11 is 12.0. The quantitative estimate of drug-likeness (QED) is 0.504. The number of halogens is 3. The van der Waals surface area contributed by atoms with Crippen LogP contribution >= 0.6 is 23.2 Å². The van der Waals surface area contributed by atoms with Gasteiger partial charge in [-0.3, -0.25) is 9.59 Å². The Morgan fingerprint density at radius 1 is 1.19 bits per heavy atom. The molecule has 3 rings (SSSR count). The number of rotatable bonds is 5. The van der Waals surface area contributed by atoms with Gasteiger partial charge in [-0.1, -0.05) is 63.0 Å². The number of hydrogen-bond acceptors (Lipinski definition) is 3. The molecular formula is C24H30Cl2FN3O2. The second kappa shape index (κ2) is 11.1. The topological polar surface area (TPSA) is 70.2 Å². The highest BCUT2D eigenvalue weighted by Gasteiger charge is 2.42. The molecule has 2 unspecified atom stereocenters. The van der Waals surface area contributed by atoms with Crippen LogP contribution in [0.4, 0.5) is 10.1 Å². The first kappa shape index (κ1) is 26.1. The minimum absolute atomic E-state index is 0.0868. The Balaban J connectivity index is 0.000000654. The highest BCUT2D eigenvalue weighted by molar-refractivity contribution is 6.31. The Kier molecular flexibility index (Phi) is 9.08. The third-order valence-electron chi connectivity index (χ3n) is 4.82. The smallest absolute Gasteiger partial charge is 0.237 e. The van der Waals surface area contributed by atoms with E-state index in [0.29, 0.717) is 34.6 Å². The van der Waals surface area contributed by atoms with Crippen molar-refractivity contribution in [3.8, 4) is 0 Å². The lowest BCUT2D eigenvalue weighted by molar-refractivity contribution is -0.122. The summed E-state index contributed by atoms with van der Waals surface area (Å²) in [4.78, 5) is 23.4. The Hall–Kier alpha value is -2.15. The first-order chi connectivity index (χ1) is 15.0. The van der Waals surface area contributed by atoms with Crippen molar-refractivity contribution in [2.45, 2.75) is 45.6 Å². The van der Waals surface area contributed by atoms with Crippen molar-refractivity contribution < 1.29 is 14.0 Å². The molecule has 0 bridgehead atoms. The van der Waals surface area contributed by atoms with E-state index in [4.69, 9.17) is 23.2 Å². The fourth-order valence-corrected chi connectivity index (χ4v) is 4.01. The van der Waals surface area contributed by atoms with Crippen LogP contribution in [-0.2, 0) is 9.59 Å². The third kappa shape index (κ3) is 6.92. The average molecular weight is 482 g/mol. The van der Waals surface area contributed by atoms with E-state index in [1.54, 1.807) is 25.2 Å². The molecule has 0 aromatic heterocycles. The lowest BCUT2D eigenvalue weighted by Crippen LogP contribution is -2.41. The molecule has 1 fully saturated rings. The van der Waals surface area contributed by atoms with Crippen LogP contribution in [0, 0.1) is 11.2 Å². The van der Waals surface area contributed by atoms with Crippen molar-refractivity contribution >= 4 is 41.2 Å². The summed E-state index contributed by atoms with van der Waals surface area (Å²) in [5.74, 6) is -1.35. The predicted molar refractivity (Wildman–Crippen MR) is 129 cm³/mol. The molecule has 2 aromatic carbocycles. The first-order valence-corrected chi connectivity index (χ1v) is 11.1. The van der Waals surface area contributed by atoms with E-state index in [1.807, 2.05) is 6.07 Å². The van der Waals surface area contributed by atoms with Crippen molar-refractivity contribution in [3.63, 3.8) is 0 Å². The monoisotopic (exact) mass is 481 g/mol. The Morgan fingerprint density at radius 2 is 1.84 bits per heavy atom. The molecule has 32 heavy (non-hydrogen) atoms. The maximum atomic E-state index is 14.2. The lowest BCUT2D eigenvalue weighted by Gasteiger charge is -2.25. The molecule has 1 heterocycles. The van der Waals surface area contributed by atoms with Gasteiger partial charge in [-0.2, -0.15) is 0 Å². The molecule has 0 spiro atoms. The molecule has 5 nitrogen and oxygen atoms in total. The average Bonchev–Trinajstić information content (AvgIpc) is 3.14. The van der Waals surface area contributed by atoms with Crippen LogP contribution in [0.3, 0.4) is 0 Å². The molecular weight excluding hydrogens is 452 g/mol. The second-order valence-corrected chi connectivity index (χ2v) is 10.1. The van der Waals surface area contributed by atoms with Crippen LogP contribution in [0.25, 0.3) is 0 Å². The molecule has 174 valence electrons. The van der Waals surface area contributed by atoms with Gasteiger partial charge in [0.05, 0.1) is 11.1 Å². The number of likely N-dealkylation sites (N-methyl/N-ethyl adjacent to an activating group) is 1. The summed E-state index contributed by atoms with van der Waals surface area (Å²) in [6, 6.07) is 9.39. The molecule has 1 aliphatic rings. The van der Waals surface area contributed by atoms with Gasteiger partial charge in [0.2, 0.25) is 12.3 Å². The minimum Gasteiger partial charge on any atom is -0.358 e. The Labute approximate surface area is 199 Å². The molecule has 1 aliphatic heterocycles. The van der Waals surface area contributed by atoms with Gasteiger partial charge in [0.15, 0.2) is 0 Å². The maximum absolute atomic E-state index is 14.2. The fourth-order valence-electron chi connectivity index (χ4n) is 3.65. The second-order valence-electron chi connectivity index (χ2n) is 9.30. The van der Waals surface area contributed by atoms with E-state index in [0.717, 1.165) is 5.56 Å². The molecule has 0 radical (unpaired) electrons. The van der Waals surface area contributed by atoms with E-state index >= 15 is 0 Å². The van der Waals surface area contributed by atoms with Gasteiger partial charge in [0.25, 0.3) is 0 Å². The number of nitrogens with one attached hydrogen (secondary N) is 3. The van der Waals surface area contributed by atoms with Crippen molar-refractivity contribution in [3.05, 3.63) is 63.4 Å². The highest BCUT2D eigenvalue weighted by atomic mass is 35.5. The molecule has 1 saturated heterocycles. The van der Waals surface area contributed by atoms with Gasteiger partial charge in [-0.05, 0) is 40.8 Å². The standard InChI is InChI=1S/C19H18Cl2FN3O2.C5H12/c1-23-19(27)18-17(10-3-2-4-11(20)5-10)13(8-24-18)12-6-15(22)14(21)7-16(12)25-9-26;1-5(2,3)4/h2-7,9,13,17-18,24H,8H2,1H3,(H,23,27)(H,25,26);1-4H3/t13?,17?,18-;/m1./s1. The van der Waals surface area contributed by atoms with Crippen LogP contribution in [0.5, 0.6) is 0 Å². The van der Waals surface area contributed by atoms with Crippen molar-refractivity contribution in [2.24, 2.45) is 5.41 Å². The van der Waals surface area contributed by atoms with Gasteiger partial charge < -0.3 is 16.0 Å². The molecule has 3 atom stereocenters. The fraction of sp³-hybridized carbons (Fsp3) is 0.417. The number of amides is 2. The van der Waals surface area contributed by atoms with E-state index in [1.165, 1.54) is 12.1 Å². The lowest BCUT2D eigenvalue weighted by atomic mass is 9.79. The zero-order chi connectivity index (χ0) is 24.1. The van der Waals surface area contributed by atoms with E-state index in [2.05, 4.69) is 43.6 Å². The predicted octanol–water partition coefficient (Wildman–Crippen LogP) is 5.34.